The summed E-state index contributed by atoms with van der Waals surface area (Å²) >= 11 is 0. The smallest absolute Gasteiger partial charge is 0.255 e. The van der Waals surface area contributed by atoms with Crippen LogP contribution in [0.5, 0.6) is 0 Å². The van der Waals surface area contributed by atoms with Gasteiger partial charge in [-0.05, 0) is 49.2 Å². The van der Waals surface area contributed by atoms with Gasteiger partial charge in [-0.25, -0.2) is 13.1 Å². The molecule has 1 aromatic heterocycles. The van der Waals surface area contributed by atoms with Crippen LogP contribution in [0.3, 0.4) is 0 Å². The standard InChI is InChI=1S/C17H19N3O4S/c21-17(13-7-9-18-10-8-13)20-14-3-5-16(6-4-14)25(22,23)19-12-15-2-1-11-24-15/h3-10,15,19H,1-2,11-12H2,(H,20,21)/t15-/m1/s1. The third kappa shape index (κ3) is 4.62. The number of sulfonamides is 1. The van der Waals surface area contributed by atoms with Crippen LogP contribution in [0.25, 0.3) is 0 Å². The number of benzene rings is 1. The van der Waals surface area contributed by atoms with E-state index in [0.29, 0.717) is 17.9 Å². The van der Waals surface area contributed by atoms with Crippen molar-refractivity contribution in [3.8, 4) is 0 Å². The minimum absolute atomic E-state index is 0.0614. The molecule has 1 fully saturated rings. The van der Waals surface area contributed by atoms with Crippen molar-refractivity contribution in [2.75, 3.05) is 18.5 Å². The maximum absolute atomic E-state index is 12.3. The maximum atomic E-state index is 12.3. The van der Waals surface area contributed by atoms with Crippen LogP contribution in [0.2, 0.25) is 0 Å². The normalized spacial score (nSPS) is 17.4. The summed E-state index contributed by atoms with van der Waals surface area (Å²) in [5.74, 6) is -0.283. The molecule has 1 atom stereocenters. The van der Waals surface area contributed by atoms with E-state index in [1.165, 1.54) is 24.5 Å². The highest BCUT2D eigenvalue weighted by atomic mass is 32.2. The molecule has 7 nitrogen and oxygen atoms in total. The molecule has 2 aromatic rings. The van der Waals surface area contributed by atoms with Crippen LogP contribution >= 0.6 is 0 Å². The summed E-state index contributed by atoms with van der Waals surface area (Å²) in [6.45, 7) is 0.946. The summed E-state index contributed by atoms with van der Waals surface area (Å²) in [6, 6.07) is 9.23. The molecule has 1 amide bonds. The minimum atomic E-state index is -3.60. The van der Waals surface area contributed by atoms with Gasteiger partial charge in [0.2, 0.25) is 10.0 Å². The number of carbonyl (C=O) groups is 1. The second kappa shape index (κ2) is 7.73. The molecule has 25 heavy (non-hydrogen) atoms. The number of nitrogens with zero attached hydrogens (tertiary/aromatic N) is 1. The van der Waals surface area contributed by atoms with E-state index in [9.17, 15) is 13.2 Å². The number of amides is 1. The van der Waals surface area contributed by atoms with Gasteiger partial charge in [0.25, 0.3) is 5.91 Å². The Labute approximate surface area is 146 Å². The van der Waals surface area contributed by atoms with Crippen molar-refractivity contribution in [2.45, 2.75) is 23.8 Å². The molecule has 0 aliphatic carbocycles. The zero-order valence-electron chi connectivity index (χ0n) is 13.5. The fourth-order valence-corrected chi connectivity index (χ4v) is 3.58. The van der Waals surface area contributed by atoms with E-state index in [0.717, 1.165) is 12.8 Å². The molecule has 1 aliphatic rings. The molecule has 8 heteroatoms. The van der Waals surface area contributed by atoms with Crippen molar-refractivity contribution >= 4 is 21.6 Å². The summed E-state index contributed by atoms with van der Waals surface area (Å²) in [4.78, 5) is 16.1. The molecule has 1 aromatic carbocycles. The Morgan fingerprint density at radius 1 is 1.16 bits per heavy atom. The van der Waals surface area contributed by atoms with Crippen LogP contribution in [0.1, 0.15) is 23.2 Å². The van der Waals surface area contributed by atoms with Crippen molar-refractivity contribution in [1.29, 1.82) is 0 Å². The van der Waals surface area contributed by atoms with Gasteiger partial charge in [0.1, 0.15) is 0 Å². The Morgan fingerprint density at radius 2 is 1.88 bits per heavy atom. The lowest BCUT2D eigenvalue weighted by molar-refractivity contribution is 0.102. The number of nitrogens with one attached hydrogen (secondary N) is 2. The molecule has 1 saturated heterocycles. The Morgan fingerprint density at radius 3 is 2.52 bits per heavy atom. The third-order valence-electron chi connectivity index (χ3n) is 3.89. The van der Waals surface area contributed by atoms with Crippen molar-refractivity contribution in [3.05, 3.63) is 54.4 Å². The number of ether oxygens (including phenoxy) is 1. The lowest BCUT2D eigenvalue weighted by Crippen LogP contribution is -2.31. The van der Waals surface area contributed by atoms with Crippen molar-refractivity contribution in [2.24, 2.45) is 0 Å². The summed E-state index contributed by atoms with van der Waals surface area (Å²) in [5, 5.41) is 2.71. The summed E-state index contributed by atoms with van der Waals surface area (Å²) < 4.78 is 32.5. The molecule has 3 rings (SSSR count). The van der Waals surface area contributed by atoms with Crippen LogP contribution in [-0.4, -0.2) is 38.6 Å². The highest BCUT2D eigenvalue weighted by molar-refractivity contribution is 7.89. The van der Waals surface area contributed by atoms with Crippen LogP contribution in [-0.2, 0) is 14.8 Å². The molecule has 0 radical (unpaired) electrons. The average Bonchev–Trinajstić information content (AvgIpc) is 3.15. The van der Waals surface area contributed by atoms with Crippen LogP contribution < -0.4 is 10.0 Å². The molecular weight excluding hydrogens is 342 g/mol. The van der Waals surface area contributed by atoms with Crippen molar-refractivity contribution < 1.29 is 17.9 Å². The number of rotatable bonds is 6. The predicted molar refractivity (Wildman–Crippen MR) is 92.8 cm³/mol. The highest BCUT2D eigenvalue weighted by Crippen LogP contribution is 2.16. The van der Waals surface area contributed by atoms with Crippen molar-refractivity contribution in [1.82, 2.24) is 9.71 Å². The van der Waals surface area contributed by atoms with Crippen molar-refractivity contribution in [3.63, 3.8) is 0 Å². The monoisotopic (exact) mass is 361 g/mol. The molecule has 0 saturated carbocycles. The van der Waals surface area contributed by atoms with Crippen LogP contribution in [0.4, 0.5) is 5.69 Å². The van der Waals surface area contributed by atoms with Gasteiger partial charge in [0.15, 0.2) is 0 Å². The number of hydrogen-bond donors (Lipinski definition) is 2. The van der Waals surface area contributed by atoms with E-state index in [2.05, 4.69) is 15.0 Å². The van der Waals surface area contributed by atoms with Gasteiger partial charge in [-0.3, -0.25) is 9.78 Å². The third-order valence-corrected chi connectivity index (χ3v) is 5.33. The topological polar surface area (TPSA) is 97.4 Å². The van der Waals surface area contributed by atoms with E-state index in [1.54, 1.807) is 24.3 Å². The summed E-state index contributed by atoms with van der Waals surface area (Å²) in [7, 11) is -3.60. The van der Waals surface area contributed by atoms with Crippen LogP contribution in [0.15, 0.2) is 53.7 Å². The van der Waals surface area contributed by atoms with Gasteiger partial charge in [0, 0.05) is 36.8 Å². The van der Waals surface area contributed by atoms with Gasteiger partial charge in [-0.2, -0.15) is 0 Å². The number of anilines is 1. The molecule has 2 N–H and O–H groups in total. The summed E-state index contributed by atoms with van der Waals surface area (Å²) in [5.41, 5.74) is 0.991. The zero-order valence-corrected chi connectivity index (χ0v) is 14.3. The van der Waals surface area contributed by atoms with E-state index < -0.39 is 10.0 Å². The Bertz CT molecular complexity index is 817. The first kappa shape index (κ1) is 17.5. The molecular formula is C17H19N3O4S. The van der Waals surface area contributed by atoms with E-state index >= 15 is 0 Å². The van der Waals surface area contributed by atoms with E-state index in [-0.39, 0.29) is 23.5 Å². The highest BCUT2D eigenvalue weighted by Gasteiger charge is 2.20. The number of aromatic nitrogens is 1. The fraction of sp³-hybridized carbons (Fsp3) is 0.294. The number of hydrogen-bond acceptors (Lipinski definition) is 5. The summed E-state index contributed by atoms with van der Waals surface area (Å²) in [6.07, 6.45) is 4.82. The molecule has 132 valence electrons. The quantitative estimate of drug-likeness (QED) is 0.817. The molecule has 0 bridgehead atoms. The van der Waals surface area contributed by atoms with Gasteiger partial charge >= 0.3 is 0 Å². The van der Waals surface area contributed by atoms with Gasteiger partial charge in [-0.15, -0.1) is 0 Å². The second-order valence-electron chi connectivity index (χ2n) is 5.70. The zero-order chi connectivity index (χ0) is 17.7. The Hall–Kier alpha value is -2.29. The van der Waals surface area contributed by atoms with Crippen LogP contribution in [0, 0.1) is 0 Å². The molecule has 0 spiro atoms. The van der Waals surface area contributed by atoms with E-state index in [4.69, 9.17) is 4.74 Å². The predicted octanol–water partition coefficient (Wildman–Crippen LogP) is 1.79. The Balaban J connectivity index is 1.62. The lowest BCUT2D eigenvalue weighted by atomic mass is 10.2. The fourth-order valence-electron chi connectivity index (χ4n) is 2.52. The van der Waals surface area contributed by atoms with Gasteiger partial charge in [0.05, 0.1) is 11.0 Å². The largest absolute Gasteiger partial charge is 0.377 e. The maximum Gasteiger partial charge on any atom is 0.255 e. The number of pyridine rings is 1. The molecule has 2 heterocycles. The van der Waals surface area contributed by atoms with Gasteiger partial charge in [-0.1, -0.05) is 0 Å². The number of carbonyl (C=O) groups excluding carboxylic acids is 1. The minimum Gasteiger partial charge on any atom is -0.377 e. The molecule has 0 unspecified atom stereocenters. The van der Waals surface area contributed by atoms with Gasteiger partial charge < -0.3 is 10.1 Å². The first-order chi connectivity index (χ1) is 12.0. The lowest BCUT2D eigenvalue weighted by Gasteiger charge is -2.12. The first-order valence-electron chi connectivity index (χ1n) is 7.97. The van der Waals surface area contributed by atoms with E-state index in [1.807, 2.05) is 0 Å². The average molecular weight is 361 g/mol. The molecule has 1 aliphatic heterocycles. The Kier molecular flexibility index (Phi) is 5.42. The SMILES string of the molecule is O=C(Nc1ccc(S(=O)(=O)NC[C@H]2CCCO2)cc1)c1ccncc1. The second-order valence-corrected chi connectivity index (χ2v) is 7.47. The first-order valence-corrected chi connectivity index (χ1v) is 9.46.